The van der Waals surface area contributed by atoms with Crippen LogP contribution in [0.25, 0.3) is 5.69 Å². The van der Waals surface area contributed by atoms with Gasteiger partial charge < -0.3 is 0 Å². The third-order valence-corrected chi connectivity index (χ3v) is 4.29. The van der Waals surface area contributed by atoms with Crippen molar-refractivity contribution in [1.82, 2.24) is 9.78 Å². The molecule has 0 bridgehead atoms. The van der Waals surface area contributed by atoms with Crippen LogP contribution in [-0.4, -0.2) is 9.78 Å². The first-order valence-electron chi connectivity index (χ1n) is 5.48. The Morgan fingerprint density at radius 1 is 1.16 bits per heavy atom. The number of benzene rings is 1. The Morgan fingerprint density at radius 3 is 2.42 bits per heavy atom. The molecule has 19 heavy (non-hydrogen) atoms. The second-order valence-electron chi connectivity index (χ2n) is 4.17. The van der Waals surface area contributed by atoms with Crippen molar-refractivity contribution >= 4 is 23.4 Å². The standard InChI is InChI=1S/C12H8ClF3N2S/c13-11-9-5-19-6-10(9)17-18(11)8-3-1-7(2-4-8)12(14,15)16/h1-4H,5-6H2. The normalized spacial score (nSPS) is 14.7. The van der Waals surface area contributed by atoms with Crippen molar-refractivity contribution in [2.24, 2.45) is 0 Å². The Hall–Kier alpha value is -1.14. The molecule has 0 spiro atoms. The fourth-order valence-corrected chi connectivity index (χ4v) is 3.37. The van der Waals surface area contributed by atoms with E-state index in [-0.39, 0.29) is 0 Å². The lowest BCUT2D eigenvalue weighted by Gasteiger charge is -2.08. The van der Waals surface area contributed by atoms with E-state index in [4.69, 9.17) is 11.6 Å². The van der Waals surface area contributed by atoms with Crippen LogP contribution in [0.1, 0.15) is 16.8 Å². The summed E-state index contributed by atoms with van der Waals surface area (Å²) < 4.78 is 38.9. The molecule has 100 valence electrons. The summed E-state index contributed by atoms with van der Waals surface area (Å²) >= 11 is 7.92. The molecule has 0 unspecified atom stereocenters. The van der Waals surface area contributed by atoms with Crippen LogP contribution in [0.2, 0.25) is 5.15 Å². The molecule has 0 saturated carbocycles. The fraction of sp³-hybridized carbons (Fsp3) is 0.250. The molecule has 2 heterocycles. The molecular formula is C12H8ClF3N2S. The highest BCUT2D eigenvalue weighted by atomic mass is 35.5. The highest BCUT2D eigenvalue weighted by Gasteiger charge is 2.30. The minimum Gasteiger partial charge on any atom is -0.222 e. The Balaban J connectivity index is 1.99. The van der Waals surface area contributed by atoms with Gasteiger partial charge in [-0.05, 0) is 24.3 Å². The van der Waals surface area contributed by atoms with Crippen LogP contribution < -0.4 is 0 Å². The summed E-state index contributed by atoms with van der Waals surface area (Å²) in [6.45, 7) is 0. The zero-order chi connectivity index (χ0) is 13.6. The fourth-order valence-electron chi connectivity index (χ4n) is 1.94. The maximum Gasteiger partial charge on any atom is 0.416 e. The van der Waals surface area contributed by atoms with E-state index in [1.807, 2.05) is 0 Å². The van der Waals surface area contributed by atoms with Crippen molar-refractivity contribution < 1.29 is 13.2 Å². The summed E-state index contributed by atoms with van der Waals surface area (Å²) in [5, 5.41) is 4.82. The number of halogens is 4. The first-order valence-corrected chi connectivity index (χ1v) is 7.02. The van der Waals surface area contributed by atoms with E-state index in [0.717, 1.165) is 34.9 Å². The second kappa shape index (κ2) is 4.45. The van der Waals surface area contributed by atoms with Gasteiger partial charge in [0.2, 0.25) is 0 Å². The summed E-state index contributed by atoms with van der Waals surface area (Å²) in [5.41, 5.74) is 1.75. The van der Waals surface area contributed by atoms with Gasteiger partial charge in [-0.25, -0.2) is 4.68 Å². The molecule has 0 radical (unpaired) electrons. The van der Waals surface area contributed by atoms with Gasteiger partial charge in [-0.15, -0.1) is 0 Å². The molecular weight excluding hydrogens is 297 g/mol. The number of nitrogens with zero attached hydrogens (tertiary/aromatic N) is 2. The average molecular weight is 305 g/mol. The van der Waals surface area contributed by atoms with Crippen LogP contribution in [0.15, 0.2) is 24.3 Å². The van der Waals surface area contributed by atoms with Gasteiger partial charge >= 0.3 is 6.18 Å². The van der Waals surface area contributed by atoms with Gasteiger partial charge in [-0.1, -0.05) is 11.6 Å². The van der Waals surface area contributed by atoms with Crippen molar-refractivity contribution in [2.45, 2.75) is 17.7 Å². The number of hydrogen-bond donors (Lipinski definition) is 0. The zero-order valence-corrected chi connectivity index (χ0v) is 11.1. The maximum atomic E-state index is 12.5. The number of rotatable bonds is 1. The van der Waals surface area contributed by atoms with Crippen molar-refractivity contribution in [2.75, 3.05) is 0 Å². The van der Waals surface area contributed by atoms with Crippen molar-refractivity contribution in [3.05, 3.63) is 46.2 Å². The third-order valence-electron chi connectivity index (χ3n) is 2.93. The van der Waals surface area contributed by atoms with E-state index in [1.54, 1.807) is 11.8 Å². The molecule has 0 aliphatic carbocycles. The van der Waals surface area contributed by atoms with Crippen LogP contribution in [0, 0.1) is 0 Å². The Labute approximate surface area is 116 Å². The summed E-state index contributed by atoms with van der Waals surface area (Å²) in [6.07, 6.45) is -4.33. The molecule has 2 aromatic rings. The van der Waals surface area contributed by atoms with Gasteiger partial charge in [0, 0.05) is 17.1 Å². The lowest BCUT2D eigenvalue weighted by atomic mass is 10.2. The molecule has 1 aromatic heterocycles. The molecule has 0 saturated heterocycles. The molecule has 0 N–H and O–H groups in total. The summed E-state index contributed by atoms with van der Waals surface area (Å²) in [7, 11) is 0. The molecule has 1 aliphatic rings. The lowest BCUT2D eigenvalue weighted by molar-refractivity contribution is -0.137. The molecule has 0 atom stereocenters. The second-order valence-corrected chi connectivity index (χ2v) is 5.51. The summed E-state index contributed by atoms with van der Waals surface area (Å²) in [4.78, 5) is 0. The van der Waals surface area contributed by atoms with Gasteiger partial charge in [-0.2, -0.15) is 30.0 Å². The number of aromatic nitrogens is 2. The third kappa shape index (κ3) is 2.23. The topological polar surface area (TPSA) is 17.8 Å². The monoisotopic (exact) mass is 304 g/mol. The minimum absolute atomic E-state index is 0.486. The molecule has 0 fully saturated rings. The predicted octanol–water partition coefficient (Wildman–Crippen LogP) is 4.29. The largest absolute Gasteiger partial charge is 0.416 e. The Kier molecular flexibility index (Phi) is 3.02. The predicted molar refractivity (Wildman–Crippen MR) is 68.6 cm³/mol. The van der Waals surface area contributed by atoms with Crippen LogP contribution in [0.3, 0.4) is 0 Å². The van der Waals surface area contributed by atoms with E-state index in [9.17, 15) is 13.2 Å². The first kappa shape index (κ1) is 12.9. The number of thioether (sulfide) groups is 1. The molecule has 1 aromatic carbocycles. The smallest absolute Gasteiger partial charge is 0.222 e. The lowest BCUT2D eigenvalue weighted by Crippen LogP contribution is -2.05. The van der Waals surface area contributed by atoms with E-state index in [0.29, 0.717) is 10.8 Å². The summed E-state index contributed by atoms with van der Waals surface area (Å²) in [5.74, 6) is 1.59. The Bertz CT molecular complexity index is 619. The number of hydrogen-bond acceptors (Lipinski definition) is 2. The Morgan fingerprint density at radius 2 is 1.84 bits per heavy atom. The highest BCUT2D eigenvalue weighted by Crippen LogP contribution is 2.36. The molecule has 1 aliphatic heterocycles. The van der Waals surface area contributed by atoms with Gasteiger partial charge in [0.15, 0.2) is 0 Å². The summed E-state index contributed by atoms with van der Waals surface area (Å²) in [6, 6.07) is 4.83. The maximum absolute atomic E-state index is 12.5. The first-order chi connectivity index (χ1) is 8.97. The van der Waals surface area contributed by atoms with Crippen LogP contribution >= 0.6 is 23.4 Å². The quantitative estimate of drug-likeness (QED) is 0.782. The molecule has 7 heteroatoms. The molecule has 3 rings (SSSR count). The van der Waals surface area contributed by atoms with E-state index in [1.165, 1.54) is 16.8 Å². The van der Waals surface area contributed by atoms with Gasteiger partial charge in [0.25, 0.3) is 0 Å². The van der Waals surface area contributed by atoms with E-state index < -0.39 is 11.7 Å². The van der Waals surface area contributed by atoms with Gasteiger partial charge in [0.1, 0.15) is 5.15 Å². The van der Waals surface area contributed by atoms with Crippen molar-refractivity contribution in [1.29, 1.82) is 0 Å². The SMILES string of the molecule is FC(F)(F)c1ccc(-n2nc3c(c2Cl)CSC3)cc1. The van der Waals surface area contributed by atoms with E-state index in [2.05, 4.69) is 5.10 Å². The van der Waals surface area contributed by atoms with Crippen LogP contribution in [0.5, 0.6) is 0 Å². The zero-order valence-electron chi connectivity index (χ0n) is 9.54. The van der Waals surface area contributed by atoms with Crippen LogP contribution in [-0.2, 0) is 17.7 Å². The molecule has 2 nitrogen and oxygen atoms in total. The van der Waals surface area contributed by atoms with Gasteiger partial charge in [-0.3, -0.25) is 0 Å². The highest BCUT2D eigenvalue weighted by molar-refractivity contribution is 7.98. The van der Waals surface area contributed by atoms with Crippen molar-refractivity contribution in [3.8, 4) is 5.69 Å². The van der Waals surface area contributed by atoms with Crippen molar-refractivity contribution in [3.63, 3.8) is 0 Å². The number of alkyl halides is 3. The average Bonchev–Trinajstić information content (AvgIpc) is 2.92. The minimum atomic E-state index is -4.33. The van der Waals surface area contributed by atoms with E-state index >= 15 is 0 Å². The molecule has 0 amide bonds. The van der Waals surface area contributed by atoms with Crippen LogP contribution in [0.4, 0.5) is 13.2 Å². The van der Waals surface area contributed by atoms with Gasteiger partial charge in [0.05, 0.1) is 16.9 Å². The number of fused-ring (bicyclic) bond motifs is 1.